The highest BCUT2D eigenvalue weighted by atomic mass is 19.1. The predicted molar refractivity (Wildman–Crippen MR) is 120 cm³/mol. The second-order valence-electron chi connectivity index (χ2n) is 8.19. The lowest BCUT2D eigenvalue weighted by Gasteiger charge is -2.35. The van der Waals surface area contributed by atoms with Crippen molar-refractivity contribution in [3.05, 3.63) is 77.2 Å². The summed E-state index contributed by atoms with van der Waals surface area (Å²) in [4.78, 5) is 20.2. The molecule has 1 aliphatic heterocycles. The zero-order valence-corrected chi connectivity index (χ0v) is 18.0. The van der Waals surface area contributed by atoms with Gasteiger partial charge in [0.2, 0.25) is 0 Å². The third-order valence-electron chi connectivity index (χ3n) is 5.77. The largest absolute Gasteiger partial charge is 0.379 e. The van der Waals surface area contributed by atoms with Crippen molar-refractivity contribution in [2.75, 3.05) is 32.8 Å². The number of carbonyl (C=O) groups is 1. The van der Waals surface area contributed by atoms with Crippen LogP contribution in [0, 0.1) is 5.82 Å². The first-order valence-corrected chi connectivity index (χ1v) is 10.8. The van der Waals surface area contributed by atoms with E-state index in [4.69, 9.17) is 9.72 Å². The molecule has 1 N–H and O–H groups in total. The Labute approximate surface area is 182 Å². The predicted octanol–water partition coefficient (Wildman–Crippen LogP) is 4.30. The molecular formula is C25H28FN3O2. The Hall–Kier alpha value is -2.83. The van der Waals surface area contributed by atoms with Gasteiger partial charge in [-0.05, 0) is 35.7 Å². The number of para-hydroxylation sites is 1. The summed E-state index contributed by atoms with van der Waals surface area (Å²) in [5.74, 6) is -0.171. The summed E-state index contributed by atoms with van der Waals surface area (Å²) < 4.78 is 19.0. The molecule has 0 bridgehead atoms. The summed E-state index contributed by atoms with van der Waals surface area (Å²) in [5, 5.41) is 3.97. The first-order valence-electron chi connectivity index (χ1n) is 10.8. The van der Waals surface area contributed by atoms with Crippen molar-refractivity contribution in [1.29, 1.82) is 0 Å². The molecule has 4 rings (SSSR count). The Kier molecular flexibility index (Phi) is 6.59. The van der Waals surface area contributed by atoms with Crippen LogP contribution in [0.15, 0.2) is 54.6 Å². The van der Waals surface area contributed by atoms with Crippen LogP contribution in [0.4, 0.5) is 4.39 Å². The third-order valence-corrected chi connectivity index (χ3v) is 5.77. The maximum Gasteiger partial charge on any atom is 0.252 e. The van der Waals surface area contributed by atoms with Gasteiger partial charge >= 0.3 is 0 Å². The van der Waals surface area contributed by atoms with Crippen LogP contribution in [0.1, 0.15) is 47.4 Å². The fourth-order valence-corrected chi connectivity index (χ4v) is 4.00. The van der Waals surface area contributed by atoms with Crippen molar-refractivity contribution in [1.82, 2.24) is 15.2 Å². The lowest BCUT2D eigenvalue weighted by molar-refractivity contribution is 0.0162. The zero-order valence-electron chi connectivity index (χ0n) is 18.0. The second-order valence-corrected chi connectivity index (χ2v) is 8.19. The van der Waals surface area contributed by atoms with Gasteiger partial charge in [0.1, 0.15) is 5.82 Å². The number of benzene rings is 2. The van der Waals surface area contributed by atoms with Crippen molar-refractivity contribution in [3.63, 3.8) is 0 Å². The summed E-state index contributed by atoms with van der Waals surface area (Å²) in [6.45, 7) is 7.42. The first kappa shape index (κ1) is 21.4. The topological polar surface area (TPSA) is 54.5 Å². The van der Waals surface area contributed by atoms with Gasteiger partial charge in [0.25, 0.3) is 5.91 Å². The molecule has 1 atom stereocenters. The second kappa shape index (κ2) is 9.54. The zero-order chi connectivity index (χ0) is 21.8. The van der Waals surface area contributed by atoms with E-state index in [1.54, 1.807) is 12.1 Å². The number of carbonyl (C=O) groups excluding carboxylic acids is 1. The number of nitrogens with zero attached hydrogens (tertiary/aromatic N) is 2. The van der Waals surface area contributed by atoms with Crippen molar-refractivity contribution in [2.24, 2.45) is 0 Å². The van der Waals surface area contributed by atoms with Crippen molar-refractivity contribution < 1.29 is 13.9 Å². The molecule has 162 valence electrons. The fraction of sp³-hybridized carbons (Fsp3) is 0.360. The Morgan fingerprint density at radius 1 is 1.13 bits per heavy atom. The number of morpholine rings is 1. The molecule has 1 amide bonds. The number of nitrogens with one attached hydrogen (secondary N) is 1. The third kappa shape index (κ3) is 4.92. The minimum absolute atomic E-state index is 0.0499. The molecule has 5 nitrogen and oxygen atoms in total. The minimum atomic E-state index is -0.266. The molecule has 1 aromatic heterocycles. The minimum Gasteiger partial charge on any atom is -0.379 e. The van der Waals surface area contributed by atoms with Crippen LogP contribution in [0.3, 0.4) is 0 Å². The summed E-state index contributed by atoms with van der Waals surface area (Å²) in [6.07, 6.45) is 0. The van der Waals surface area contributed by atoms with Gasteiger partial charge in [0.05, 0.1) is 30.3 Å². The molecular weight excluding hydrogens is 393 g/mol. The number of pyridine rings is 1. The molecule has 1 aliphatic rings. The van der Waals surface area contributed by atoms with Crippen LogP contribution >= 0.6 is 0 Å². The first-order chi connectivity index (χ1) is 15.0. The average Bonchev–Trinajstić information content (AvgIpc) is 2.80. The molecule has 1 unspecified atom stereocenters. The Morgan fingerprint density at radius 2 is 1.84 bits per heavy atom. The van der Waals surface area contributed by atoms with E-state index in [1.807, 2.05) is 30.3 Å². The van der Waals surface area contributed by atoms with E-state index in [2.05, 4.69) is 24.1 Å². The molecule has 0 radical (unpaired) electrons. The highest BCUT2D eigenvalue weighted by Gasteiger charge is 2.24. The van der Waals surface area contributed by atoms with Crippen molar-refractivity contribution in [2.45, 2.75) is 25.8 Å². The Balaban J connectivity index is 1.60. The number of aromatic nitrogens is 1. The quantitative estimate of drug-likeness (QED) is 0.645. The van der Waals surface area contributed by atoms with Gasteiger partial charge < -0.3 is 10.1 Å². The highest BCUT2D eigenvalue weighted by molar-refractivity contribution is 6.06. The van der Waals surface area contributed by atoms with E-state index in [9.17, 15) is 9.18 Å². The molecule has 3 aromatic rings. The molecule has 1 fully saturated rings. The summed E-state index contributed by atoms with van der Waals surface area (Å²) in [5.41, 5.74) is 3.33. The standard InChI is InChI=1S/C25H28FN3O2/c1-17(2)23-15-21(20-5-3-4-6-22(20)28-23)25(30)27-16-24(29-11-13-31-14-12-29)18-7-9-19(26)10-8-18/h3-10,15,17,24H,11-14,16H2,1-2H3,(H,27,30). The normalized spacial score (nSPS) is 15.9. The lowest BCUT2D eigenvalue weighted by Crippen LogP contribution is -2.43. The fourth-order valence-electron chi connectivity index (χ4n) is 4.00. The van der Waals surface area contributed by atoms with Gasteiger partial charge in [-0.3, -0.25) is 14.7 Å². The van der Waals surface area contributed by atoms with Crippen LogP contribution in [-0.4, -0.2) is 48.6 Å². The average molecular weight is 422 g/mol. The van der Waals surface area contributed by atoms with Crippen LogP contribution in [0.2, 0.25) is 0 Å². The van der Waals surface area contributed by atoms with Crippen LogP contribution < -0.4 is 5.32 Å². The summed E-state index contributed by atoms with van der Waals surface area (Å²) in [7, 11) is 0. The van der Waals surface area contributed by atoms with Crippen molar-refractivity contribution in [3.8, 4) is 0 Å². The maximum atomic E-state index is 13.5. The van der Waals surface area contributed by atoms with Gasteiger partial charge in [-0.25, -0.2) is 4.39 Å². The number of hydrogen-bond donors (Lipinski definition) is 1. The number of halogens is 1. The van der Waals surface area contributed by atoms with E-state index >= 15 is 0 Å². The number of fused-ring (bicyclic) bond motifs is 1. The van der Waals surface area contributed by atoms with Gasteiger partial charge in [0.15, 0.2) is 0 Å². The maximum absolute atomic E-state index is 13.5. The smallest absolute Gasteiger partial charge is 0.252 e. The Morgan fingerprint density at radius 3 is 2.55 bits per heavy atom. The van der Waals surface area contributed by atoms with Gasteiger partial charge in [-0.2, -0.15) is 0 Å². The monoisotopic (exact) mass is 421 g/mol. The number of amides is 1. The molecule has 0 spiro atoms. The number of ether oxygens (including phenoxy) is 1. The lowest BCUT2D eigenvalue weighted by atomic mass is 10.0. The van der Waals surface area contributed by atoms with Gasteiger partial charge in [0, 0.05) is 30.7 Å². The molecule has 2 heterocycles. The Bertz CT molecular complexity index is 1050. The summed E-state index contributed by atoms with van der Waals surface area (Å²) in [6, 6.07) is 16.1. The molecule has 6 heteroatoms. The molecule has 2 aromatic carbocycles. The number of rotatable bonds is 6. The van der Waals surface area contributed by atoms with E-state index in [0.717, 1.165) is 35.2 Å². The molecule has 31 heavy (non-hydrogen) atoms. The van der Waals surface area contributed by atoms with Crippen LogP contribution in [0.25, 0.3) is 10.9 Å². The van der Waals surface area contributed by atoms with E-state index in [1.165, 1.54) is 12.1 Å². The summed E-state index contributed by atoms with van der Waals surface area (Å²) >= 11 is 0. The van der Waals surface area contributed by atoms with Gasteiger partial charge in [-0.1, -0.05) is 44.2 Å². The SMILES string of the molecule is CC(C)c1cc(C(=O)NCC(c2ccc(F)cc2)N2CCOCC2)c2ccccc2n1. The van der Waals surface area contributed by atoms with Crippen molar-refractivity contribution >= 4 is 16.8 Å². The van der Waals surface area contributed by atoms with Crippen LogP contribution in [0.5, 0.6) is 0 Å². The molecule has 0 saturated carbocycles. The molecule has 0 aliphatic carbocycles. The van der Waals surface area contributed by atoms with Crippen LogP contribution in [-0.2, 0) is 4.74 Å². The van der Waals surface area contributed by atoms with E-state index in [-0.39, 0.29) is 23.7 Å². The van der Waals surface area contributed by atoms with E-state index < -0.39 is 0 Å². The number of hydrogen-bond acceptors (Lipinski definition) is 4. The molecule has 1 saturated heterocycles. The van der Waals surface area contributed by atoms with E-state index in [0.29, 0.717) is 25.3 Å². The van der Waals surface area contributed by atoms with Gasteiger partial charge in [-0.15, -0.1) is 0 Å². The highest BCUT2D eigenvalue weighted by Crippen LogP contribution is 2.24.